The molecular weight excluding hydrogens is 342 g/mol. The maximum Gasteiger partial charge on any atom is 0.192 e. The van der Waals surface area contributed by atoms with Crippen molar-refractivity contribution < 1.29 is 14.0 Å². The van der Waals surface area contributed by atoms with E-state index in [2.05, 4.69) is 38.4 Å². The minimum atomic E-state index is -1.75. The van der Waals surface area contributed by atoms with Crippen LogP contribution >= 0.6 is 0 Å². The molecule has 3 rings (SSSR count). The maximum atomic E-state index is 11.5. The third-order valence-corrected chi connectivity index (χ3v) is 10.3. The Morgan fingerprint density at radius 2 is 1.96 bits per heavy atom. The summed E-state index contributed by atoms with van der Waals surface area (Å²) in [7, 11) is -1.75. The van der Waals surface area contributed by atoms with E-state index in [1.807, 2.05) is 24.3 Å². The Morgan fingerprint density at radius 1 is 1.23 bits per heavy atom. The van der Waals surface area contributed by atoms with Crippen LogP contribution in [0.15, 0.2) is 24.3 Å². The Bertz CT molecular complexity index is 784. The zero-order chi connectivity index (χ0) is 18.9. The summed E-state index contributed by atoms with van der Waals surface area (Å²) >= 11 is 0. The molecule has 1 heterocycles. The first kappa shape index (κ1) is 19.2. The lowest BCUT2D eigenvalue weighted by Crippen LogP contribution is -2.41. The zero-order valence-electron chi connectivity index (χ0n) is 16.7. The molecule has 0 amide bonds. The molecule has 0 unspecified atom stereocenters. The molecule has 0 aliphatic heterocycles. The minimum Gasteiger partial charge on any atom is -0.489 e. The molecule has 1 aliphatic carbocycles. The molecule has 1 aromatic heterocycles. The van der Waals surface area contributed by atoms with Gasteiger partial charge in [0.2, 0.25) is 0 Å². The van der Waals surface area contributed by atoms with E-state index in [0.29, 0.717) is 19.1 Å². The van der Waals surface area contributed by atoms with Crippen LogP contribution in [-0.4, -0.2) is 32.4 Å². The molecule has 1 aliphatic rings. The first-order valence-electron chi connectivity index (χ1n) is 9.57. The van der Waals surface area contributed by atoms with Crippen LogP contribution in [0.4, 0.5) is 0 Å². The summed E-state index contributed by atoms with van der Waals surface area (Å²) in [6.45, 7) is 13.3. The number of benzene rings is 1. The van der Waals surface area contributed by atoms with Crippen molar-refractivity contribution in [3.8, 4) is 5.75 Å². The van der Waals surface area contributed by atoms with Gasteiger partial charge in [0.15, 0.2) is 14.6 Å². The predicted octanol–water partition coefficient (Wildman–Crippen LogP) is 5.26. The maximum absolute atomic E-state index is 11.5. The van der Waals surface area contributed by atoms with Crippen LogP contribution in [0, 0.1) is 5.92 Å². The van der Waals surface area contributed by atoms with E-state index in [1.54, 1.807) is 0 Å². The second-order valence-electron chi connectivity index (χ2n) is 8.89. The third-order valence-electron chi connectivity index (χ3n) is 5.78. The predicted molar refractivity (Wildman–Crippen MR) is 109 cm³/mol. The number of carbonyl (C=O) groups excluding carboxylic acids is 1. The molecule has 26 heavy (non-hydrogen) atoms. The molecule has 1 saturated carbocycles. The van der Waals surface area contributed by atoms with Gasteiger partial charge in [0.1, 0.15) is 12.4 Å². The standard InChI is InChI=1S/C21H31NO3Si/c1-21(2,3)26(4,5)25-12-11-24-19-8-6-7-17-13-18(15-23)22(20(17)19)14-16-9-10-16/h6-8,13,15-16H,9-12,14H2,1-5H3. The highest BCUT2D eigenvalue weighted by atomic mass is 28.4. The van der Waals surface area contributed by atoms with Gasteiger partial charge in [-0.05, 0) is 49.0 Å². The van der Waals surface area contributed by atoms with Crippen molar-refractivity contribution in [2.45, 2.75) is 58.3 Å². The van der Waals surface area contributed by atoms with Gasteiger partial charge in [0.25, 0.3) is 0 Å². The van der Waals surface area contributed by atoms with E-state index in [9.17, 15) is 4.79 Å². The monoisotopic (exact) mass is 373 g/mol. The van der Waals surface area contributed by atoms with E-state index < -0.39 is 8.32 Å². The molecule has 142 valence electrons. The van der Waals surface area contributed by atoms with Gasteiger partial charge in [-0.25, -0.2) is 0 Å². The van der Waals surface area contributed by atoms with Crippen molar-refractivity contribution in [3.63, 3.8) is 0 Å². The number of hydrogen-bond acceptors (Lipinski definition) is 3. The van der Waals surface area contributed by atoms with Crippen LogP contribution < -0.4 is 4.74 Å². The molecule has 0 radical (unpaired) electrons. The average molecular weight is 374 g/mol. The van der Waals surface area contributed by atoms with E-state index >= 15 is 0 Å². The van der Waals surface area contributed by atoms with Crippen molar-refractivity contribution in [1.82, 2.24) is 4.57 Å². The quantitative estimate of drug-likeness (QED) is 0.360. The van der Waals surface area contributed by atoms with E-state index in [1.165, 1.54) is 12.8 Å². The summed E-state index contributed by atoms with van der Waals surface area (Å²) in [4.78, 5) is 11.5. The topological polar surface area (TPSA) is 40.5 Å². The first-order valence-corrected chi connectivity index (χ1v) is 12.5. The van der Waals surface area contributed by atoms with Gasteiger partial charge < -0.3 is 13.7 Å². The lowest BCUT2D eigenvalue weighted by atomic mass is 10.2. The number of para-hydroxylation sites is 1. The normalized spacial score (nSPS) is 15.4. The highest BCUT2D eigenvalue weighted by molar-refractivity contribution is 6.74. The van der Waals surface area contributed by atoms with Crippen molar-refractivity contribution >= 4 is 25.5 Å². The van der Waals surface area contributed by atoms with Crippen LogP contribution in [0.25, 0.3) is 10.9 Å². The summed E-state index contributed by atoms with van der Waals surface area (Å²) in [6, 6.07) is 7.99. The number of carbonyl (C=O) groups is 1. The SMILES string of the molecule is CC(C)(C)[Si](C)(C)OCCOc1cccc2cc(C=O)n(CC3CC3)c12. The summed E-state index contributed by atoms with van der Waals surface area (Å²) in [5.41, 5.74) is 1.77. The third kappa shape index (κ3) is 4.04. The molecule has 1 aromatic carbocycles. The summed E-state index contributed by atoms with van der Waals surface area (Å²) in [5.74, 6) is 1.54. The van der Waals surface area contributed by atoms with Crippen molar-refractivity contribution in [3.05, 3.63) is 30.0 Å². The van der Waals surface area contributed by atoms with Gasteiger partial charge in [-0.15, -0.1) is 0 Å². The zero-order valence-corrected chi connectivity index (χ0v) is 17.7. The highest BCUT2D eigenvalue weighted by Gasteiger charge is 2.36. The summed E-state index contributed by atoms with van der Waals surface area (Å²) in [6.07, 6.45) is 3.45. The van der Waals surface area contributed by atoms with Gasteiger partial charge in [-0.1, -0.05) is 32.9 Å². The van der Waals surface area contributed by atoms with Crippen molar-refractivity contribution in [1.29, 1.82) is 0 Å². The van der Waals surface area contributed by atoms with Gasteiger partial charge in [0, 0.05) is 11.9 Å². The number of ether oxygens (including phenoxy) is 1. The molecule has 0 N–H and O–H groups in total. The Morgan fingerprint density at radius 3 is 2.58 bits per heavy atom. The van der Waals surface area contributed by atoms with E-state index in [0.717, 1.165) is 35.2 Å². The number of rotatable bonds is 8. The highest BCUT2D eigenvalue weighted by Crippen LogP contribution is 2.37. The lowest BCUT2D eigenvalue weighted by molar-refractivity contribution is 0.111. The Hall–Kier alpha value is -1.59. The van der Waals surface area contributed by atoms with Crippen LogP contribution in [0.2, 0.25) is 18.1 Å². The van der Waals surface area contributed by atoms with Crippen molar-refractivity contribution in [2.24, 2.45) is 5.92 Å². The molecule has 0 atom stereocenters. The number of hydrogen-bond donors (Lipinski definition) is 0. The molecule has 0 spiro atoms. The van der Waals surface area contributed by atoms with Crippen LogP contribution in [0.1, 0.15) is 44.1 Å². The Labute approximate surface area is 157 Å². The number of fused-ring (bicyclic) bond motifs is 1. The fraction of sp³-hybridized carbons (Fsp3) is 0.571. The van der Waals surface area contributed by atoms with Crippen molar-refractivity contribution in [2.75, 3.05) is 13.2 Å². The van der Waals surface area contributed by atoms with Gasteiger partial charge in [-0.2, -0.15) is 0 Å². The second kappa shape index (κ2) is 7.20. The second-order valence-corrected chi connectivity index (χ2v) is 13.7. The molecule has 4 nitrogen and oxygen atoms in total. The molecule has 0 saturated heterocycles. The van der Waals surface area contributed by atoms with Gasteiger partial charge >= 0.3 is 0 Å². The number of aromatic nitrogens is 1. The molecule has 5 heteroatoms. The van der Waals surface area contributed by atoms with E-state index in [4.69, 9.17) is 9.16 Å². The first-order chi connectivity index (χ1) is 12.2. The largest absolute Gasteiger partial charge is 0.489 e. The van der Waals surface area contributed by atoms with Gasteiger partial charge in [-0.3, -0.25) is 4.79 Å². The number of aldehydes is 1. The Kier molecular flexibility index (Phi) is 5.31. The summed E-state index contributed by atoms with van der Waals surface area (Å²) in [5, 5.41) is 1.26. The molecule has 2 aromatic rings. The smallest absolute Gasteiger partial charge is 0.192 e. The van der Waals surface area contributed by atoms with Crippen LogP contribution in [-0.2, 0) is 11.0 Å². The van der Waals surface area contributed by atoms with Crippen LogP contribution in [0.3, 0.4) is 0 Å². The minimum absolute atomic E-state index is 0.199. The average Bonchev–Trinajstić information content (AvgIpc) is 3.31. The number of nitrogens with zero attached hydrogens (tertiary/aromatic N) is 1. The molecular formula is C21H31NO3Si. The lowest BCUT2D eigenvalue weighted by Gasteiger charge is -2.36. The van der Waals surface area contributed by atoms with Gasteiger partial charge in [0.05, 0.1) is 17.8 Å². The Balaban J connectivity index is 1.73. The van der Waals surface area contributed by atoms with E-state index in [-0.39, 0.29) is 5.04 Å². The fourth-order valence-corrected chi connectivity index (χ4v) is 3.97. The molecule has 0 bridgehead atoms. The van der Waals surface area contributed by atoms with Crippen LogP contribution in [0.5, 0.6) is 5.75 Å². The summed E-state index contributed by atoms with van der Waals surface area (Å²) < 4.78 is 14.4. The fourth-order valence-electron chi connectivity index (χ4n) is 2.95. The molecule has 1 fully saturated rings.